The Morgan fingerprint density at radius 2 is 1.21 bits per heavy atom. The van der Waals surface area contributed by atoms with Gasteiger partial charge in [0.15, 0.2) is 0 Å². The number of carboxylic acids is 1. The van der Waals surface area contributed by atoms with E-state index in [9.17, 15) is 4.79 Å². The van der Waals surface area contributed by atoms with Crippen molar-refractivity contribution in [3.8, 4) is 0 Å². The number of para-hydroxylation sites is 1. The van der Waals surface area contributed by atoms with Crippen LogP contribution in [0.5, 0.6) is 0 Å². The molecule has 4 aromatic carbocycles. The number of aromatic carboxylic acids is 1. The van der Waals surface area contributed by atoms with Crippen LogP contribution >= 0.6 is 0 Å². The summed E-state index contributed by atoms with van der Waals surface area (Å²) in [5.41, 5.74) is 2.36. The molecule has 208 valence electrons. The number of halogens is 1. The van der Waals surface area contributed by atoms with Crippen LogP contribution in [0.1, 0.15) is 15.9 Å². The third kappa shape index (κ3) is 14.6. The first-order valence-electron chi connectivity index (χ1n) is 10.4. The Hall–Kier alpha value is -3.92. The van der Waals surface area contributed by atoms with Gasteiger partial charge in [0.2, 0.25) is 0 Å². The molecule has 10 nitrogen and oxygen atoms in total. The Bertz CT molecular complexity index is 1310. The van der Waals surface area contributed by atoms with Crippen molar-refractivity contribution in [3.05, 3.63) is 137 Å². The molecule has 12 heteroatoms. The molecule has 0 saturated carbocycles. The van der Waals surface area contributed by atoms with Gasteiger partial charge < -0.3 is 40.1 Å². The normalized spacial score (nSPS) is 8.44. The maximum absolute atomic E-state index is 10.2. The predicted octanol–water partition coefficient (Wildman–Crippen LogP) is 2.93. The van der Waals surface area contributed by atoms with Crippen LogP contribution in [0, 0.1) is 10.1 Å². The SMILES string of the molecule is N.N.O=C(O)c1ccccc1.O=[N+]([O-])O.OCc1ccccc1.[Cl-].[Pt+4].c1ccc2c(c1)cnc1ccccc12. The monoisotopic (exact) mass is 736 g/mol. The van der Waals surface area contributed by atoms with Crippen LogP contribution in [0.3, 0.4) is 0 Å². The van der Waals surface area contributed by atoms with Crippen molar-refractivity contribution in [2.75, 3.05) is 0 Å². The fraction of sp³-hybridized carbons (Fsp3) is 0.0370. The first kappa shape index (κ1) is 39.6. The van der Waals surface area contributed by atoms with Crippen LogP contribution < -0.4 is 24.7 Å². The van der Waals surface area contributed by atoms with Crippen molar-refractivity contribution in [1.82, 2.24) is 17.3 Å². The van der Waals surface area contributed by atoms with E-state index in [1.165, 1.54) is 16.2 Å². The maximum Gasteiger partial charge on any atom is 4.00 e. The number of aromatic nitrogens is 1. The number of fused-ring (bicyclic) bond motifs is 3. The Kier molecular flexibility index (Phi) is 22.4. The molecule has 0 bridgehead atoms. The topological polar surface area (TPSA) is 204 Å². The molecule has 0 unspecified atom stereocenters. The van der Waals surface area contributed by atoms with Crippen molar-refractivity contribution in [3.63, 3.8) is 0 Å². The summed E-state index contributed by atoms with van der Waals surface area (Å²) in [6.45, 7) is 0.140. The van der Waals surface area contributed by atoms with Crippen molar-refractivity contribution >= 4 is 27.6 Å². The average molecular weight is 737 g/mol. The molecule has 1 aromatic heterocycles. The number of aliphatic hydroxyl groups is 1. The van der Waals surface area contributed by atoms with Gasteiger partial charge in [0.05, 0.1) is 17.7 Å². The molecule has 1 heterocycles. The van der Waals surface area contributed by atoms with Gasteiger partial charge >= 0.3 is 27.0 Å². The van der Waals surface area contributed by atoms with Crippen LogP contribution in [0.15, 0.2) is 115 Å². The van der Waals surface area contributed by atoms with Crippen LogP contribution in [0.2, 0.25) is 0 Å². The van der Waals surface area contributed by atoms with Gasteiger partial charge in [-0.25, -0.2) is 4.79 Å². The number of rotatable bonds is 2. The van der Waals surface area contributed by atoms with Crippen molar-refractivity contribution in [1.29, 1.82) is 0 Å². The zero-order chi connectivity index (χ0) is 25.5. The number of hydrogen-bond donors (Lipinski definition) is 5. The third-order valence-corrected chi connectivity index (χ3v) is 4.54. The third-order valence-electron chi connectivity index (χ3n) is 4.54. The standard InChI is InChI=1S/C13H9N.C7H6O2.C7H8O.ClH.HNO3.2H3N.Pt/c1-2-6-11-10(5-1)9-14-13-8-4-3-7-12(11)13;8-7(9)6-4-2-1-3-5-6;8-6-7-4-2-1-3-5-7;;2-1(3)4;;;/h1-9H;1-5H,(H,8,9);1-5,8H,6H2;1H;(H,2,3,4);2*1H3;/q;;;;;;;+4/p-1. The minimum absolute atomic E-state index is 0. The second-order valence-corrected chi connectivity index (χ2v) is 6.92. The fourth-order valence-electron chi connectivity index (χ4n) is 2.97. The number of aliphatic hydroxyl groups excluding tert-OH is 1. The summed E-state index contributed by atoms with van der Waals surface area (Å²) in [7, 11) is 0. The molecule has 0 atom stereocenters. The van der Waals surface area contributed by atoms with E-state index in [4.69, 9.17) is 25.5 Å². The fourth-order valence-corrected chi connectivity index (χ4v) is 2.97. The van der Waals surface area contributed by atoms with Gasteiger partial charge in [0.25, 0.3) is 5.09 Å². The van der Waals surface area contributed by atoms with Crippen LogP contribution in [-0.4, -0.2) is 31.5 Å². The maximum atomic E-state index is 10.2. The summed E-state index contributed by atoms with van der Waals surface area (Å²) in [6, 6.07) is 34.4. The number of pyridine rings is 1. The molecule has 0 aliphatic heterocycles. The number of nitrogens with zero attached hydrogens (tertiary/aromatic N) is 2. The molecular formula is C27H30ClN4O6Pt+3. The van der Waals surface area contributed by atoms with E-state index in [1.807, 2.05) is 54.7 Å². The van der Waals surface area contributed by atoms with Crippen LogP contribution in [0.4, 0.5) is 0 Å². The molecule has 0 fully saturated rings. The average Bonchev–Trinajstić information content (AvgIpc) is 2.90. The molecule has 5 rings (SSSR count). The number of carboxylic acid groups (broad SMARTS) is 1. The van der Waals surface area contributed by atoms with Gasteiger partial charge in [-0.1, -0.05) is 91.0 Å². The first-order valence-corrected chi connectivity index (χ1v) is 10.4. The van der Waals surface area contributed by atoms with Crippen molar-refractivity contribution < 1.29 is 58.8 Å². The van der Waals surface area contributed by atoms with Crippen molar-refractivity contribution in [2.45, 2.75) is 6.61 Å². The molecule has 0 aliphatic carbocycles. The van der Waals surface area contributed by atoms with E-state index in [-0.39, 0.29) is 52.4 Å². The quantitative estimate of drug-likeness (QED) is 0.103. The predicted molar refractivity (Wildman–Crippen MR) is 144 cm³/mol. The smallest absolute Gasteiger partial charge is 1.00 e. The summed E-state index contributed by atoms with van der Waals surface area (Å²) < 4.78 is 0. The van der Waals surface area contributed by atoms with Gasteiger partial charge in [0.1, 0.15) is 0 Å². The summed E-state index contributed by atoms with van der Waals surface area (Å²) in [5.74, 6) is -0.879. The summed E-state index contributed by atoms with van der Waals surface area (Å²) in [4.78, 5) is 23.0. The van der Waals surface area contributed by atoms with Crippen LogP contribution in [-0.2, 0) is 27.7 Å². The largest absolute Gasteiger partial charge is 4.00 e. The Labute approximate surface area is 246 Å². The zero-order valence-corrected chi connectivity index (χ0v) is 23.8. The minimum Gasteiger partial charge on any atom is -1.00 e. The van der Waals surface area contributed by atoms with Gasteiger partial charge in [-0.15, -0.1) is 10.1 Å². The molecule has 39 heavy (non-hydrogen) atoms. The Morgan fingerprint density at radius 1 is 0.769 bits per heavy atom. The minimum atomic E-state index is -1.50. The molecule has 0 radical (unpaired) electrons. The molecular weight excluding hydrogens is 707 g/mol. The van der Waals surface area contributed by atoms with E-state index in [1.54, 1.807) is 30.3 Å². The van der Waals surface area contributed by atoms with Gasteiger partial charge in [-0.3, -0.25) is 4.98 Å². The van der Waals surface area contributed by atoms with E-state index in [2.05, 4.69) is 35.3 Å². The van der Waals surface area contributed by atoms with Crippen LogP contribution in [0.25, 0.3) is 21.7 Å². The summed E-state index contributed by atoms with van der Waals surface area (Å²) >= 11 is 0. The molecule has 0 amide bonds. The summed E-state index contributed by atoms with van der Waals surface area (Å²) in [6.07, 6.45) is 1.93. The van der Waals surface area contributed by atoms with Crippen molar-refractivity contribution in [2.24, 2.45) is 0 Å². The van der Waals surface area contributed by atoms with E-state index < -0.39 is 11.1 Å². The molecule has 0 saturated heterocycles. The molecule has 9 N–H and O–H groups in total. The number of benzene rings is 4. The second kappa shape index (κ2) is 22.1. The molecule has 0 spiro atoms. The number of hydrogen-bond acceptors (Lipinski definition) is 7. The molecule has 0 aliphatic rings. The first-order chi connectivity index (χ1) is 16.9. The van der Waals surface area contributed by atoms with Gasteiger partial charge in [-0.05, 0) is 29.1 Å². The van der Waals surface area contributed by atoms with E-state index in [0.29, 0.717) is 5.56 Å². The second-order valence-electron chi connectivity index (χ2n) is 6.92. The Balaban J connectivity index is -0.000000462. The zero-order valence-electron chi connectivity index (χ0n) is 20.7. The molecule has 5 aromatic rings. The Morgan fingerprint density at radius 3 is 1.67 bits per heavy atom. The van der Waals surface area contributed by atoms with E-state index in [0.717, 1.165) is 11.1 Å². The van der Waals surface area contributed by atoms with Gasteiger partial charge in [-0.2, -0.15) is 0 Å². The van der Waals surface area contributed by atoms with Gasteiger partial charge in [0, 0.05) is 17.0 Å². The number of carbonyl (C=O) groups is 1. The van der Waals surface area contributed by atoms with E-state index >= 15 is 0 Å². The summed E-state index contributed by atoms with van der Waals surface area (Å²) in [5, 5.41) is 34.3.